The van der Waals surface area contributed by atoms with E-state index in [1.807, 2.05) is 0 Å². The minimum Gasteiger partial charge on any atom is -0.0656 e. The molecule has 0 bridgehead atoms. The van der Waals surface area contributed by atoms with Crippen LogP contribution in [0, 0.1) is 0 Å². The minimum atomic E-state index is -1.60. The summed E-state index contributed by atoms with van der Waals surface area (Å²) in [5, 5.41) is 16.2. The van der Waals surface area contributed by atoms with Gasteiger partial charge in [0.1, 0.15) is 0 Å². The first-order chi connectivity index (χ1) is 22.1. The predicted molar refractivity (Wildman–Crippen MR) is 211 cm³/mol. The van der Waals surface area contributed by atoms with Gasteiger partial charge in [-0.2, -0.15) is 0 Å². The van der Waals surface area contributed by atoms with Gasteiger partial charge in [-0.25, -0.2) is 0 Å². The maximum atomic E-state index is 2.55. The number of rotatable bonds is 4. The number of hydrogen-bond donors (Lipinski definition) is 0. The van der Waals surface area contributed by atoms with Crippen molar-refractivity contribution in [1.29, 1.82) is 0 Å². The van der Waals surface area contributed by atoms with Crippen LogP contribution in [0.5, 0.6) is 0 Å². The first-order valence-electron chi connectivity index (χ1n) is 16.5. The van der Waals surface area contributed by atoms with Gasteiger partial charge in [0.2, 0.25) is 0 Å². The van der Waals surface area contributed by atoms with Crippen molar-refractivity contribution in [2.45, 2.75) is 39.3 Å². The number of hydrogen-bond acceptors (Lipinski definition) is 0. The molecule has 0 N–H and O–H groups in total. The standard InChI is InChI=1S/C44H40Si2/c1-45(2,3)33-22-24-39-41(27-33)43(32-20-19-29-13-7-8-14-30(29)25-32)38-23-21-34(46(4,5)6)28-42(38)44(39)40-26-31-15-9-10-16-35(31)36-17-11-12-18-37(36)40/h7-28H,1-6H3. The molecule has 0 aliphatic rings. The van der Waals surface area contributed by atoms with Crippen molar-refractivity contribution in [3.05, 3.63) is 133 Å². The highest BCUT2D eigenvalue weighted by Crippen LogP contribution is 2.46. The van der Waals surface area contributed by atoms with Crippen LogP contribution in [0.1, 0.15) is 0 Å². The first kappa shape index (κ1) is 28.9. The Morgan fingerprint density at radius 1 is 0.326 bits per heavy atom. The number of fused-ring (bicyclic) bond motifs is 6. The third-order valence-corrected chi connectivity index (χ3v) is 14.0. The summed E-state index contributed by atoms with van der Waals surface area (Å²) in [6.07, 6.45) is 0. The van der Waals surface area contributed by atoms with E-state index in [0.29, 0.717) is 0 Å². The zero-order valence-corrected chi connectivity index (χ0v) is 29.7. The van der Waals surface area contributed by atoms with E-state index in [4.69, 9.17) is 0 Å². The zero-order valence-electron chi connectivity index (χ0n) is 27.7. The summed E-state index contributed by atoms with van der Waals surface area (Å²) in [7, 11) is -3.19. The van der Waals surface area contributed by atoms with Gasteiger partial charge in [0.15, 0.2) is 0 Å². The molecule has 0 nitrogen and oxygen atoms in total. The van der Waals surface area contributed by atoms with Gasteiger partial charge in [0, 0.05) is 0 Å². The summed E-state index contributed by atoms with van der Waals surface area (Å²) in [6, 6.07) is 51.0. The molecule has 46 heavy (non-hydrogen) atoms. The van der Waals surface area contributed by atoms with E-state index in [0.717, 1.165) is 0 Å². The highest BCUT2D eigenvalue weighted by Gasteiger charge is 2.24. The Morgan fingerprint density at radius 2 is 0.848 bits per heavy atom. The highest BCUT2D eigenvalue weighted by molar-refractivity contribution is 6.89. The highest BCUT2D eigenvalue weighted by atomic mass is 28.3. The van der Waals surface area contributed by atoms with Crippen LogP contribution in [-0.2, 0) is 0 Å². The lowest BCUT2D eigenvalue weighted by Crippen LogP contribution is -2.37. The molecule has 0 aliphatic carbocycles. The summed E-state index contributed by atoms with van der Waals surface area (Å²) in [5.74, 6) is 0. The second kappa shape index (κ2) is 10.5. The second-order valence-electron chi connectivity index (χ2n) is 15.0. The van der Waals surface area contributed by atoms with E-state index in [-0.39, 0.29) is 0 Å². The van der Waals surface area contributed by atoms with Crippen LogP contribution in [0.25, 0.3) is 76.1 Å². The van der Waals surface area contributed by atoms with Crippen molar-refractivity contribution in [3.63, 3.8) is 0 Å². The van der Waals surface area contributed by atoms with Crippen LogP contribution in [0.15, 0.2) is 133 Å². The summed E-state index contributed by atoms with van der Waals surface area (Å²) in [5.41, 5.74) is 5.32. The molecule has 0 saturated heterocycles. The van der Waals surface area contributed by atoms with Crippen LogP contribution in [0.2, 0.25) is 39.3 Å². The molecule has 0 aliphatic heterocycles. The smallest absolute Gasteiger partial charge is 0.0656 e. The molecule has 8 rings (SSSR count). The molecule has 8 aromatic rings. The van der Waals surface area contributed by atoms with Gasteiger partial charge < -0.3 is 0 Å². The first-order valence-corrected chi connectivity index (χ1v) is 23.5. The lowest BCUT2D eigenvalue weighted by atomic mass is 9.83. The molecule has 0 amide bonds. The van der Waals surface area contributed by atoms with Crippen molar-refractivity contribution in [2.75, 3.05) is 0 Å². The van der Waals surface area contributed by atoms with Crippen LogP contribution in [0.3, 0.4) is 0 Å². The van der Waals surface area contributed by atoms with Crippen LogP contribution in [0.4, 0.5) is 0 Å². The van der Waals surface area contributed by atoms with Gasteiger partial charge in [-0.15, -0.1) is 0 Å². The van der Waals surface area contributed by atoms with Crippen molar-refractivity contribution in [2.24, 2.45) is 0 Å². The largest absolute Gasteiger partial charge is 0.0776 e. The average molecular weight is 625 g/mol. The summed E-state index contributed by atoms with van der Waals surface area (Å²) in [4.78, 5) is 0. The summed E-state index contributed by atoms with van der Waals surface area (Å²) in [6.45, 7) is 14.8. The van der Waals surface area contributed by atoms with Gasteiger partial charge in [-0.3, -0.25) is 0 Å². The lowest BCUT2D eigenvalue weighted by molar-refractivity contribution is 1.67. The lowest BCUT2D eigenvalue weighted by Gasteiger charge is -2.24. The Morgan fingerprint density at radius 3 is 1.50 bits per heavy atom. The van der Waals surface area contributed by atoms with Crippen molar-refractivity contribution < 1.29 is 0 Å². The molecule has 0 saturated carbocycles. The fourth-order valence-electron chi connectivity index (χ4n) is 7.37. The van der Waals surface area contributed by atoms with E-state index in [1.165, 1.54) is 86.5 Å². The quantitative estimate of drug-likeness (QED) is 0.104. The molecule has 224 valence electrons. The summed E-state index contributed by atoms with van der Waals surface area (Å²) >= 11 is 0. The molecule has 0 atom stereocenters. The second-order valence-corrected chi connectivity index (χ2v) is 25.2. The Kier molecular flexibility index (Phi) is 6.62. The van der Waals surface area contributed by atoms with E-state index in [1.54, 1.807) is 0 Å². The average Bonchev–Trinajstić information content (AvgIpc) is 3.05. The van der Waals surface area contributed by atoms with Crippen molar-refractivity contribution in [3.8, 4) is 22.3 Å². The SMILES string of the molecule is C[Si](C)(C)c1ccc2c(-c3cc4ccccc4c4ccccc34)c3cc([Si](C)(C)C)ccc3c(-c3ccc4ccccc4c3)c2c1. The normalized spacial score (nSPS) is 12.6. The Labute approximate surface area is 274 Å². The molecule has 8 aromatic carbocycles. The molecular formula is C44H40Si2. The molecule has 0 aromatic heterocycles. The van der Waals surface area contributed by atoms with Crippen LogP contribution < -0.4 is 10.4 Å². The molecule has 0 fully saturated rings. The minimum absolute atomic E-state index is 1.28. The molecule has 0 radical (unpaired) electrons. The maximum Gasteiger partial charge on any atom is 0.0776 e. The Balaban J connectivity index is 1.61. The van der Waals surface area contributed by atoms with E-state index in [2.05, 4.69) is 173 Å². The van der Waals surface area contributed by atoms with Gasteiger partial charge in [-0.05, 0) is 88.2 Å². The fourth-order valence-corrected chi connectivity index (χ4v) is 9.69. The molecule has 0 heterocycles. The van der Waals surface area contributed by atoms with Crippen LogP contribution in [-0.4, -0.2) is 16.1 Å². The molecule has 2 heteroatoms. The van der Waals surface area contributed by atoms with Crippen LogP contribution >= 0.6 is 0 Å². The predicted octanol–water partition coefficient (Wildman–Crippen LogP) is 11.9. The van der Waals surface area contributed by atoms with E-state index >= 15 is 0 Å². The fraction of sp³-hybridized carbons (Fsp3) is 0.136. The van der Waals surface area contributed by atoms with E-state index < -0.39 is 16.1 Å². The van der Waals surface area contributed by atoms with Crippen molar-refractivity contribution in [1.82, 2.24) is 0 Å². The Hall–Kier alpha value is -4.51. The summed E-state index contributed by atoms with van der Waals surface area (Å²) < 4.78 is 0. The van der Waals surface area contributed by atoms with Gasteiger partial charge >= 0.3 is 0 Å². The van der Waals surface area contributed by atoms with E-state index in [9.17, 15) is 0 Å². The van der Waals surface area contributed by atoms with Gasteiger partial charge in [-0.1, -0.05) is 171 Å². The number of benzene rings is 8. The molecular weight excluding hydrogens is 585 g/mol. The van der Waals surface area contributed by atoms with Gasteiger partial charge in [0.25, 0.3) is 0 Å². The third kappa shape index (κ3) is 4.71. The molecule has 0 spiro atoms. The van der Waals surface area contributed by atoms with Gasteiger partial charge in [0.05, 0.1) is 16.1 Å². The maximum absolute atomic E-state index is 2.55. The third-order valence-electron chi connectivity index (χ3n) is 9.92. The Bertz CT molecular complexity index is 2490. The topological polar surface area (TPSA) is 0 Å². The monoisotopic (exact) mass is 624 g/mol. The zero-order chi connectivity index (χ0) is 31.8. The molecule has 0 unspecified atom stereocenters. The van der Waals surface area contributed by atoms with Crippen molar-refractivity contribution >= 4 is 80.4 Å².